The summed E-state index contributed by atoms with van der Waals surface area (Å²) in [5, 5.41) is 21.4. The molecule has 2 heterocycles. The number of rotatable bonds is 1. The van der Waals surface area contributed by atoms with Crippen molar-refractivity contribution in [3.63, 3.8) is 0 Å². The van der Waals surface area contributed by atoms with Crippen molar-refractivity contribution >= 4 is 80.8 Å². The molecule has 136 valence electrons. The van der Waals surface area contributed by atoms with Crippen LogP contribution < -0.4 is 5.46 Å². The molecule has 0 aliphatic heterocycles. The van der Waals surface area contributed by atoms with Gasteiger partial charge in [0, 0.05) is 26.3 Å². The molecule has 2 aromatic heterocycles. The molecule has 2 N–H and O–H groups in total. The molecule has 4 nitrogen and oxygen atoms in total. The molecule has 27 heavy (non-hydrogen) atoms. The molecule has 4 aromatic rings. The Morgan fingerprint density at radius 1 is 0.704 bits per heavy atom. The van der Waals surface area contributed by atoms with E-state index in [0.717, 1.165) is 10.9 Å². The van der Waals surface area contributed by atoms with E-state index in [4.69, 9.17) is 56.5 Å². The Kier molecular flexibility index (Phi) is 6.42. The van der Waals surface area contributed by atoms with E-state index in [1.165, 1.54) is 6.07 Å². The van der Waals surface area contributed by atoms with Gasteiger partial charge in [0.2, 0.25) is 0 Å². The number of benzene rings is 2. The van der Waals surface area contributed by atoms with Crippen LogP contribution in [-0.2, 0) is 0 Å². The molecule has 0 radical (unpaired) electrons. The first-order valence-electron chi connectivity index (χ1n) is 7.68. The zero-order valence-electron chi connectivity index (χ0n) is 13.6. The lowest BCUT2D eigenvalue weighted by molar-refractivity contribution is 0.425. The predicted molar refractivity (Wildman–Crippen MR) is 113 cm³/mol. The first-order valence-corrected chi connectivity index (χ1v) is 9.19. The number of aromatic nitrogens is 2. The van der Waals surface area contributed by atoms with Crippen LogP contribution in [0.5, 0.6) is 0 Å². The van der Waals surface area contributed by atoms with Crippen LogP contribution in [0.25, 0.3) is 21.8 Å². The second-order valence-electron chi connectivity index (χ2n) is 5.49. The van der Waals surface area contributed by atoms with Gasteiger partial charge in [-0.15, -0.1) is 0 Å². The summed E-state index contributed by atoms with van der Waals surface area (Å²) in [5.41, 5.74) is 1.60. The lowest BCUT2D eigenvalue weighted by Crippen LogP contribution is -2.31. The quantitative estimate of drug-likeness (QED) is 0.331. The monoisotopic (exact) mass is 438 g/mol. The van der Waals surface area contributed by atoms with Crippen molar-refractivity contribution in [1.29, 1.82) is 0 Å². The second-order valence-corrected chi connectivity index (χ2v) is 7.05. The van der Waals surface area contributed by atoms with Gasteiger partial charge < -0.3 is 10.0 Å². The van der Waals surface area contributed by atoms with Crippen molar-refractivity contribution in [2.75, 3.05) is 0 Å². The number of pyridine rings is 2. The van der Waals surface area contributed by atoms with Crippen molar-refractivity contribution in [1.82, 2.24) is 9.97 Å². The summed E-state index contributed by atoms with van der Waals surface area (Å²) in [6, 6.07) is 15.9. The predicted octanol–water partition coefficient (Wildman–Crippen LogP) is 4.76. The molecule has 0 bridgehead atoms. The molecule has 9 heteroatoms. The van der Waals surface area contributed by atoms with Crippen LogP contribution in [0.4, 0.5) is 0 Å². The van der Waals surface area contributed by atoms with Gasteiger partial charge in [-0.2, -0.15) is 0 Å². The van der Waals surface area contributed by atoms with E-state index >= 15 is 0 Å². The summed E-state index contributed by atoms with van der Waals surface area (Å²) in [4.78, 5) is 8.14. The molecule has 0 unspecified atom stereocenters. The Morgan fingerprint density at radius 3 is 1.93 bits per heavy atom. The molecule has 4 rings (SSSR count). The van der Waals surface area contributed by atoms with Crippen LogP contribution >= 0.6 is 46.4 Å². The summed E-state index contributed by atoms with van der Waals surface area (Å²) in [6.45, 7) is 0. The number of halogens is 4. The molecule has 0 amide bonds. The van der Waals surface area contributed by atoms with Crippen LogP contribution in [0, 0.1) is 0 Å². The van der Waals surface area contributed by atoms with Gasteiger partial charge in [-0.3, -0.25) is 0 Å². The van der Waals surface area contributed by atoms with Crippen molar-refractivity contribution in [2.24, 2.45) is 0 Å². The zero-order chi connectivity index (χ0) is 19.6. The second kappa shape index (κ2) is 8.61. The maximum atomic E-state index is 9.04. The molecular formula is C18H11BCl4N2O2. The highest BCUT2D eigenvalue weighted by molar-refractivity contribution is 6.62. The van der Waals surface area contributed by atoms with E-state index < -0.39 is 7.12 Å². The van der Waals surface area contributed by atoms with Crippen LogP contribution in [-0.4, -0.2) is 27.1 Å². The maximum Gasteiger partial charge on any atom is 0.491 e. The van der Waals surface area contributed by atoms with E-state index in [-0.39, 0.29) is 10.6 Å². The summed E-state index contributed by atoms with van der Waals surface area (Å²) in [5.74, 6) is 0. The third kappa shape index (κ3) is 4.64. The molecular weight excluding hydrogens is 429 g/mol. The van der Waals surface area contributed by atoms with Gasteiger partial charge in [0.1, 0.15) is 10.3 Å². The molecule has 0 spiro atoms. The lowest BCUT2D eigenvalue weighted by Gasteiger charge is -2.05. The number of fused-ring (bicyclic) bond motifs is 2. The average molecular weight is 440 g/mol. The fourth-order valence-corrected chi connectivity index (χ4v) is 3.28. The van der Waals surface area contributed by atoms with E-state index in [9.17, 15) is 0 Å². The highest BCUT2D eigenvalue weighted by Gasteiger charge is 2.17. The minimum Gasteiger partial charge on any atom is -0.423 e. The summed E-state index contributed by atoms with van der Waals surface area (Å²) >= 11 is 23.4. The van der Waals surface area contributed by atoms with E-state index in [1.807, 2.05) is 24.3 Å². The van der Waals surface area contributed by atoms with E-state index in [0.29, 0.717) is 26.1 Å². The molecule has 0 saturated heterocycles. The van der Waals surface area contributed by atoms with Gasteiger partial charge in [-0.05, 0) is 42.5 Å². The van der Waals surface area contributed by atoms with Crippen molar-refractivity contribution in [3.8, 4) is 0 Å². The van der Waals surface area contributed by atoms with Crippen LogP contribution in [0.2, 0.25) is 20.4 Å². The van der Waals surface area contributed by atoms with Gasteiger partial charge in [0.15, 0.2) is 0 Å². The van der Waals surface area contributed by atoms with Crippen molar-refractivity contribution in [3.05, 3.63) is 74.9 Å². The topological polar surface area (TPSA) is 66.2 Å². The highest BCUT2D eigenvalue weighted by Crippen LogP contribution is 2.23. The molecule has 2 aromatic carbocycles. The van der Waals surface area contributed by atoms with Gasteiger partial charge in [0.25, 0.3) is 0 Å². The SMILES string of the molecule is Clc1ccc2c(Cl)cccc2n1.OB(O)c1cc2c(Cl)cccc2nc1Cl. The Morgan fingerprint density at radius 2 is 1.30 bits per heavy atom. The third-order valence-corrected chi connectivity index (χ3v) is 4.88. The Bertz CT molecular complexity index is 1130. The van der Waals surface area contributed by atoms with Crippen LogP contribution in [0.1, 0.15) is 0 Å². The highest BCUT2D eigenvalue weighted by atomic mass is 35.5. The van der Waals surface area contributed by atoms with Crippen LogP contribution in [0.3, 0.4) is 0 Å². The van der Waals surface area contributed by atoms with E-state index in [2.05, 4.69) is 9.97 Å². The molecule has 0 aliphatic rings. The molecule has 0 fully saturated rings. The smallest absolute Gasteiger partial charge is 0.423 e. The van der Waals surface area contributed by atoms with E-state index in [1.54, 1.807) is 24.3 Å². The Hall–Kier alpha value is -1.60. The summed E-state index contributed by atoms with van der Waals surface area (Å²) in [7, 11) is -1.65. The Labute approximate surface area is 175 Å². The summed E-state index contributed by atoms with van der Waals surface area (Å²) < 4.78 is 0. The van der Waals surface area contributed by atoms with Gasteiger partial charge >= 0.3 is 7.12 Å². The van der Waals surface area contributed by atoms with Crippen molar-refractivity contribution in [2.45, 2.75) is 0 Å². The lowest BCUT2D eigenvalue weighted by atomic mass is 9.81. The number of hydrogen-bond donors (Lipinski definition) is 2. The van der Waals surface area contributed by atoms with Gasteiger partial charge in [-0.25, -0.2) is 9.97 Å². The van der Waals surface area contributed by atoms with Crippen LogP contribution in [0.15, 0.2) is 54.6 Å². The number of hydrogen-bond acceptors (Lipinski definition) is 4. The van der Waals surface area contributed by atoms with Crippen molar-refractivity contribution < 1.29 is 10.0 Å². The standard InChI is InChI=1S/C9H6BCl2NO2.C9H5Cl2N/c11-7-2-1-3-8-5(7)4-6(10(14)15)9(12)13-8;10-7-2-1-3-8-6(7)4-5-9(11)12-8/h1-4,14-15H;1-5H. The number of nitrogens with zero attached hydrogens (tertiary/aromatic N) is 2. The maximum absolute atomic E-state index is 9.04. The first kappa shape index (κ1) is 20.1. The first-order chi connectivity index (χ1) is 12.9. The fourth-order valence-electron chi connectivity index (χ4n) is 2.43. The third-order valence-electron chi connectivity index (χ3n) is 3.71. The fraction of sp³-hybridized carbons (Fsp3) is 0. The largest absolute Gasteiger partial charge is 0.491 e. The zero-order valence-corrected chi connectivity index (χ0v) is 16.6. The minimum absolute atomic E-state index is 0.0692. The summed E-state index contributed by atoms with van der Waals surface area (Å²) in [6.07, 6.45) is 0. The Balaban J connectivity index is 0.000000159. The molecule has 0 atom stereocenters. The molecule has 0 saturated carbocycles. The normalized spacial score (nSPS) is 10.6. The molecule has 0 aliphatic carbocycles. The minimum atomic E-state index is -1.65. The average Bonchev–Trinajstić information content (AvgIpc) is 2.62. The van der Waals surface area contributed by atoms with Gasteiger partial charge in [0.05, 0.1) is 11.0 Å². The van der Waals surface area contributed by atoms with Gasteiger partial charge in [-0.1, -0.05) is 58.5 Å².